The molecule has 9 nitrogen and oxygen atoms in total. The molecule has 122 valence electrons. The van der Waals surface area contributed by atoms with E-state index >= 15 is 0 Å². The molecule has 0 aromatic heterocycles. The maximum absolute atomic E-state index is 10.7. The van der Waals surface area contributed by atoms with Gasteiger partial charge in [0.2, 0.25) is 6.29 Å². The molecular weight excluding hydrogens is 298 g/mol. The number of aliphatic hydroxyl groups excluding tert-OH is 4. The number of hydrogen-bond donors (Lipinski definition) is 4. The van der Waals surface area contributed by atoms with Crippen LogP contribution in [-0.4, -0.2) is 62.7 Å². The van der Waals surface area contributed by atoms with Gasteiger partial charge in [-0.25, -0.2) is 0 Å². The Hall–Kier alpha value is -1.78. The minimum absolute atomic E-state index is 0.0823. The first-order valence-electron chi connectivity index (χ1n) is 6.57. The molecule has 9 heteroatoms. The maximum atomic E-state index is 10.7. The molecule has 0 aliphatic carbocycles. The summed E-state index contributed by atoms with van der Waals surface area (Å²) in [6.45, 7) is 0.961. The Labute approximate surface area is 125 Å². The van der Waals surface area contributed by atoms with Crippen molar-refractivity contribution in [3.8, 4) is 5.75 Å². The number of hydrogen-bond acceptors (Lipinski definition) is 8. The SMILES string of the molecule is Cc1cc(O[C@@H]2O[C@H](CO)[C@@H](O)[C@H](O)[C@H]2O)ccc1[N+](=O)[O-]. The monoisotopic (exact) mass is 315 g/mol. The van der Waals surface area contributed by atoms with Crippen LogP contribution >= 0.6 is 0 Å². The molecule has 1 aromatic rings. The van der Waals surface area contributed by atoms with Crippen molar-refractivity contribution < 1.29 is 34.8 Å². The van der Waals surface area contributed by atoms with E-state index in [2.05, 4.69) is 0 Å². The molecule has 0 spiro atoms. The molecule has 0 radical (unpaired) electrons. The molecular formula is C13H17NO8. The molecule has 1 aliphatic rings. The molecule has 4 N–H and O–H groups in total. The highest BCUT2D eigenvalue weighted by molar-refractivity contribution is 5.44. The number of nitrogens with zero attached hydrogens (tertiary/aromatic N) is 1. The molecule has 1 aromatic carbocycles. The molecule has 1 fully saturated rings. The quantitative estimate of drug-likeness (QED) is 0.413. The van der Waals surface area contributed by atoms with E-state index in [9.17, 15) is 25.4 Å². The largest absolute Gasteiger partial charge is 0.462 e. The summed E-state index contributed by atoms with van der Waals surface area (Å²) in [6.07, 6.45) is -6.96. The van der Waals surface area contributed by atoms with Gasteiger partial charge in [0.1, 0.15) is 30.2 Å². The first-order chi connectivity index (χ1) is 10.3. The van der Waals surface area contributed by atoms with Gasteiger partial charge >= 0.3 is 0 Å². The molecule has 5 atom stereocenters. The number of aliphatic hydroxyl groups is 4. The molecule has 1 heterocycles. The van der Waals surface area contributed by atoms with Gasteiger partial charge < -0.3 is 29.9 Å². The minimum atomic E-state index is -1.55. The lowest BCUT2D eigenvalue weighted by molar-refractivity contribution is -0.385. The molecule has 0 unspecified atom stereocenters. The zero-order valence-corrected chi connectivity index (χ0v) is 11.7. The van der Waals surface area contributed by atoms with E-state index in [1.165, 1.54) is 25.1 Å². The highest BCUT2D eigenvalue weighted by Gasteiger charge is 2.44. The first-order valence-corrected chi connectivity index (χ1v) is 6.57. The molecule has 1 aliphatic heterocycles. The highest BCUT2D eigenvalue weighted by atomic mass is 16.7. The number of rotatable bonds is 4. The van der Waals surface area contributed by atoms with E-state index in [4.69, 9.17) is 14.6 Å². The van der Waals surface area contributed by atoms with Crippen LogP contribution in [0.15, 0.2) is 18.2 Å². The normalized spacial score (nSPS) is 31.8. The van der Waals surface area contributed by atoms with Gasteiger partial charge in [-0.2, -0.15) is 0 Å². The van der Waals surface area contributed by atoms with Crippen LogP contribution in [0.4, 0.5) is 5.69 Å². The van der Waals surface area contributed by atoms with Gasteiger partial charge in [-0.15, -0.1) is 0 Å². The summed E-state index contributed by atoms with van der Waals surface area (Å²) in [7, 11) is 0. The van der Waals surface area contributed by atoms with Crippen LogP contribution in [0.1, 0.15) is 5.56 Å². The zero-order valence-electron chi connectivity index (χ0n) is 11.7. The fourth-order valence-electron chi connectivity index (χ4n) is 2.20. The number of aryl methyl sites for hydroxylation is 1. The Kier molecular flexibility index (Phi) is 4.94. The van der Waals surface area contributed by atoms with Crippen molar-refractivity contribution in [1.29, 1.82) is 0 Å². The molecule has 0 bridgehead atoms. The van der Waals surface area contributed by atoms with Crippen LogP contribution in [-0.2, 0) is 4.74 Å². The van der Waals surface area contributed by atoms with E-state index in [0.717, 1.165) is 0 Å². The molecule has 0 saturated carbocycles. The average Bonchev–Trinajstić information content (AvgIpc) is 2.47. The fraction of sp³-hybridized carbons (Fsp3) is 0.538. The van der Waals surface area contributed by atoms with Gasteiger partial charge in [-0.3, -0.25) is 10.1 Å². The van der Waals surface area contributed by atoms with E-state index in [0.29, 0.717) is 5.56 Å². The fourth-order valence-corrected chi connectivity index (χ4v) is 2.20. The summed E-state index contributed by atoms with van der Waals surface area (Å²) in [6, 6.07) is 3.96. The summed E-state index contributed by atoms with van der Waals surface area (Å²) in [4.78, 5) is 10.2. The standard InChI is InChI=1S/C13H17NO8/c1-6-4-7(2-3-8(6)14(19)20)21-13-12(18)11(17)10(16)9(5-15)22-13/h2-4,9-13,15-18H,5H2,1H3/t9-,10-,11+,12-,13-/m1/s1. The second-order valence-electron chi connectivity index (χ2n) is 5.02. The third kappa shape index (κ3) is 3.18. The molecule has 1 saturated heterocycles. The third-order valence-corrected chi connectivity index (χ3v) is 3.47. The van der Waals surface area contributed by atoms with Crippen molar-refractivity contribution in [3.63, 3.8) is 0 Å². The number of nitro groups is 1. The van der Waals surface area contributed by atoms with Crippen molar-refractivity contribution in [1.82, 2.24) is 0 Å². The van der Waals surface area contributed by atoms with E-state index in [-0.39, 0.29) is 11.4 Å². The van der Waals surface area contributed by atoms with Crippen LogP contribution in [0.25, 0.3) is 0 Å². The first kappa shape index (κ1) is 16.6. The van der Waals surface area contributed by atoms with Gasteiger partial charge in [0.15, 0.2) is 0 Å². The topological polar surface area (TPSA) is 143 Å². The molecule has 0 amide bonds. The summed E-state index contributed by atoms with van der Waals surface area (Å²) in [5, 5.41) is 49.0. The zero-order chi connectivity index (χ0) is 16.4. The molecule has 22 heavy (non-hydrogen) atoms. The Bertz CT molecular complexity index is 549. The Balaban J connectivity index is 2.15. The summed E-state index contributed by atoms with van der Waals surface area (Å²) < 4.78 is 10.5. The van der Waals surface area contributed by atoms with Gasteiger partial charge in [0.25, 0.3) is 5.69 Å². The smallest absolute Gasteiger partial charge is 0.272 e. The Morgan fingerprint density at radius 2 is 1.95 bits per heavy atom. The third-order valence-electron chi connectivity index (χ3n) is 3.47. The molecule has 2 rings (SSSR count). The van der Waals surface area contributed by atoms with Crippen LogP contribution in [0.3, 0.4) is 0 Å². The van der Waals surface area contributed by atoms with E-state index in [1.807, 2.05) is 0 Å². The van der Waals surface area contributed by atoms with Gasteiger partial charge in [-0.1, -0.05) is 0 Å². The van der Waals surface area contributed by atoms with E-state index < -0.39 is 42.2 Å². The van der Waals surface area contributed by atoms with Crippen molar-refractivity contribution >= 4 is 5.69 Å². The lowest BCUT2D eigenvalue weighted by Crippen LogP contribution is -2.60. The van der Waals surface area contributed by atoms with Crippen molar-refractivity contribution in [2.75, 3.05) is 6.61 Å². The Morgan fingerprint density at radius 3 is 2.50 bits per heavy atom. The van der Waals surface area contributed by atoms with Crippen molar-refractivity contribution in [2.45, 2.75) is 37.6 Å². The number of nitro benzene ring substituents is 1. The number of benzene rings is 1. The summed E-state index contributed by atoms with van der Waals surface area (Å²) in [5.74, 6) is 0.187. The van der Waals surface area contributed by atoms with Crippen LogP contribution < -0.4 is 4.74 Å². The van der Waals surface area contributed by atoms with Gasteiger partial charge in [-0.05, 0) is 19.1 Å². The van der Waals surface area contributed by atoms with Crippen LogP contribution in [0.5, 0.6) is 5.75 Å². The second-order valence-corrected chi connectivity index (χ2v) is 5.02. The minimum Gasteiger partial charge on any atom is -0.462 e. The van der Waals surface area contributed by atoms with Crippen LogP contribution in [0, 0.1) is 17.0 Å². The average molecular weight is 315 g/mol. The maximum Gasteiger partial charge on any atom is 0.272 e. The summed E-state index contributed by atoms with van der Waals surface area (Å²) >= 11 is 0. The Morgan fingerprint density at radius 1 is 1.27 bits per heavy atom. The second kappa shape index (κ2) is 6.55. The van der Waals surface area contributed by atoms with E-state index in [1.54, 1.807) is 0 Å². The van der Waals surface area contributed by atoms with Crippen molar-refractivity contribution in [2.24, 2.45) is 0 Å². The highest BCUT2D eigenvalue weighted by Crippen LogP contribution is 2.27. The predicted octanol–water partition coefficient (Wildman–Crippen LogP) is -0.918. The number of ether oxygens (including phenoxy) is 2. The predicted molar refractivity (Wildman–Crippen MR) is 72.2 cm³/mol. The van der Waals surface area contributed by atoms with Crippen molar-refractivity contribution in [3.05, 3.63) is 33.9 Å². The van der Waals surface area contributed by atoms with Gasteiger partial charge in [0, 0.05) is 11.6 Å². The van der Waals surface area contributed by atoms with Crippen LogP contribution in [0.2, 0.25) is 0 Å². The lowest BCUT2D eigenvalue weighted by Gasteiger charge is -2.39. The lowest BCUT2D eigenvalue weighted by atomic mass is 9.99. The van der Waals surface area contributed by atoms with Gasteiger partial charge in [0.05, 0.1) is 11.5 Å². The summed E-state index contributed by atoms with van der Waals surface area (Å²) in [5.41, 5.74) is 0.272.